The summed E-state index contributed by atoms with van der Waals surface area (Å²) in [4.78, 5) is 20.4. The Kier molecular flexibility index (Phi) is 10.9. The van der Waals surface area contributed by atoms with Crippen LogP contribution in [0.1, 0.15) is 32.6 Å². The van der Waals surface area contributed by atoms with E-state index in [2.05, 4.69) is 33.7 Å². The van der Waals surface area contributed by atoms with E-state index >= 15 is 0 Å². The monoisotopic (exact) mass is 357 g/mol. The number of nitrogens with one attached hydrogen (secondary N) is 2. The van der Waals surface area contributed by atoms with E-state index in [0.29, 0.717) is 12.6 Å². The fraction of sp³-hybridized carbons (Fsp3) is 0.882. The van der Waals surface area contributed by atoms with Gasteiger partial charge < -0.3 is 15.5 Å². The fourth-order valence-corrected chi connectivity index (χ4v) is 3.12. The molecule has 1 rings (SSSR count). The molecule has 1 saturated heterocycles. The number of carbonyl (C=O) groups is 1. The van der Waals surface area contributed by atoms with Crippen molar-refractivity contribution in [3.8, 4) is 0 Å². The van der Waals surface area contributed by atoms with Gasteiger partial charge in [0.1, 0.15) is 0 Å². The molecule has 0 saturated carbocycles. The van der Waals surface area contributed by atoms with Crippen LogP contribution in [0.25, 0.3) is 0 Å². The highest BCUT2D eigenvalue weighted by Crippen LogP contribution is 2.10. The lowest BCUT2D eigenvalue weighted by molar-refractivity contribution is -0.130. The van der Waals surface area contributed by atoms with Crippen molar-refractivity contribution in [2.75, 3.05) is 58.8 Å². The van der Waals surface area contributed by atoms with Gasteiger partial charge in [-0.1, -0.05) is 0 Å². The smallest absolute Gasteiger partial charge is 0.236 e. The largest absolute Gasteiger partial charge is 0.357 e. The molecule has 0 aliphatic carbocycles. The lowest BCUT2D eigenvalue weighted by Gasteiger charge is -2.33. The Hall–Kier alpha value is -0.950. The van der Waals surface area contributed by atoms with Crippen LogP contribution >= 0.6 is 11.8 Å². The third kappa shape index (κ3) is 8.78. The zero-order chi connectivity index (χ0) is 17.8. The number of carbonyl (C=O) groups excluding carboxylic acids is 1. The molecule has 0 spiro atoms. The summed E-state index contributed by atoms with van der Waals surface area (Å²) in [6.07, 6.45) is 6.62. The summed E-state index contributed by atoms with van der Waals surface area (Å²) in [7, 11) is 3.63. The molecule has 24 heavy (non-hydrogen) atoms. The molecule has 140 valence electrons. The van der Waals surface area contributed by atoms with Gasteiger partial charge >= 0.3 is 0 Å². The van der Waals surface area contributed by atoms with Gasteiger partial charge in [-0.2, -0.15) is 11.8 Å². The summed E-state index contributed by atoms with van der Waals surface area (Å²) in [5, 5.41) is 6.89. The average molecular weight is 358 g/mol. The van der Waals surface area contributed by atoms with E-state index in [0.717, 1.165) is 51.4 Å². The molecule has 2 N–H and O–H groups in total. The van der Waals surface area contributed by atoms with Crippen LogP contribution in [0.2, 0.25) is 0 Å². The van der Waals surface area contributed by atoms with E-state index in [1.807, 2.05) is 25.9 Å². The van der Waals surface area contributed by atoms with Crippen molar-refractivity contribution < 1.29 is 4.79 Å². The molecule has 1 heterocycles. The zero-order valence-corrected chi connectivity index (χ0v) is 16.6. The lowest BCUT2D eigenvalue weighted by atomic mass is 10.1. The van der Waals surface area contributed by atoms with Crippen molar-refractivity contribution in [2.24, 2.45) is 4.99 Å². The highest BCUT2D eigenvalue weighted by atomic mass is 32.2. The molecular formula is C17H35N5OS. The Morgan fingerprint density at radius 2 is 2.00 bits per heavy atom. The Morgan fingerprint density at radius 1 is 1.29 bits per heavy atom. The topological polar surface area (TPSA) is 60.0 Å². The fourth-order valence-electron chi connectivity index (χ4n) is 2.63. The predicted molar refractivity (Wildman–Crippen MR) is 105 cm³/mol. The van der Waals surface area contributed by atoms with Gasteiger partial charge in [0.15, 0.2) is 5.96 Å². The number of hydrogen-bond donors (Lipinski definition) is 2. The number of likely N-dealkylation sites (N-methyl/N-ethyl adjacent to an activating group) is 1. The molecule has 0 bridgehead atoms. The first-order valence-electron chi connectivity index (χ1n) is 9.03. The normalized spacial score (nSPS) is 16.9. The average Bonchev–Trinajstić information content (AvgIpc) is 2.56. The minimum Gasteiger partial charge on any atom is -0.357 e. The number of rotatable bonds is 9. The minimum absolute atomic E-state index is 0.182. The van der Waals surface area contributed by atoms with E-state index in [4.69, 9.17) is 0 Å². The van der Waals surface area contributed by atoms with Gasteiger partial charge in [-0.15, -0.1) is 0 Å². The molecule has 0 aromatic heterocycles. The number of amides is 1. The number of hydrogen-bond acceptors (Lipinski definition) is 4. The number of thioether (sulfide) groups is 1. The molecule has 0 unspecified atom stereocenters. The predicted octanol–water partition coefficient (Wildman–Crippen LogP) is 1.24. The van der Waals surface area contributed by atoms with Crippen molar-refractivity contribution in [1.82, 2.24) is 20.4 Å². The Morgan fingerprint density at radius 3 is 2.58 bits per heavy atom. The molecular weight excluding hydrogens is 322 g/mol. The zero-order valence-electron chi connectivity index (χ0n) is 15.8. The van der Waals surface area contributed by atoms with Crippen LogP contribution in [0.4, 0.5) is 0 Å². The van der Waals surface area contributed by atoms with Gasteiger partial charge in [0, 0.05) is 46.3 Å². The molecule has 7 heteroatoms. The van der Waals surface area contributed by atoms with Crippen molar-refractivity contribution in [3.63, 3.8) is 0 Å². The minimum atomic E-state index is 0.182. The van der Waals surface area contributed by atoms with Crippen LogP contribution in [0.3, 0.4) is 0 Å². The summed E-state index contributed by atoms with van der Waals surface area (Å²) in [5.41, 5.74) is 0. The molecule has 0 aromatic carbocycles. The first-order valence-corrected chi connectivity index (χ1v) is 10.4. The van der Waals surface area contributed by atoms with Crippen molar-refractivity contribution >= 4 is 23.6 Å². The van der Waals surface area contributed by atoms with Crippen LogP contribution < -0.4 is 10.6 Å². The molecule has 6 nitrogen and oxygen atoms in total. The number of aliphatic imine (C=N–C) groups is 1. The van der Waals surface area contributed by atoms with Crippen molar-refractivity contribution in [2.45, 2.75) is 38.6 Å². The Bertz CT molecular complexity index is 381. The highest BCUT2D eigenvalue weighted by Gasteiger charge is 2.21. The van der Waals surface area contributed by atoms with Crippen LogP contribution in [0, 0.1) is 0 Å². The van der Waals surface area contributed by atoms with E-state index in [1.54, 1.807) is 4.90 Å². The third-order valence-corrected chi connectivity index (χ3v) is 4.85. The van der Waals surface area contributed by atoms with Crippen LogP contribution in [0.15, 0.2) is 4.99 Å². The van der Waals surface area contributed by atoms with Gasteiger partial charge in [-0.25, -0.2) is 0 Å². The first kappa shape index (κ1) is 21.1. The Labute approximate surface area is 151 Å². The summed E-state index contributed by atoms with van der Waals surface area (Å²) in [6, 6.07) is 0.444. The first-order chi connectivity index (χ1) is 11.6. The van der Waals surface area contributed by atoms with Gasteiger partial charge in [0.05, 0.1) is 6.54 Å². The second-order valence-corrected chi connectivity index (χ2v) is 7.43. The second-order valence-electron chi connectivity index (χ2n) is 6.44. The maximum Gasteiger partial charge on any atom is 0.236 e. The second kappa shape index (κ2) is 12.4. The molecule has 0 radical (unpaired) electrons. The number of piperidine rings is 1. The summed E-state index contributed by atoms with van der Waals surface area (Å²) >= 11 is 1.89. The van der Waals surface area contributed by atoms with Gasteiger partial charge in [-0.05, 0) is 44.6 Å². The molecule has 0 atom stereocenters. The van der Waals surface area contributed by atoms with Crippen LogP contribution in [-0.2, 0) is 4.79 Å². The van der Waals surface area contributed by atoms with Gasteiger partial charge in [-0.3, -0.25) is 14.7 Å². The van der Waals surface area contributed by atoms with E-state index < -0.39 is 0 Å². The highest BCUT2D eigenvalue weighted by molar-refractivity contribution is 7.98. The molecule has 0 aromatic rings. The Balaban J connectivity index is 2.33. The third-order valence-electron chi connectivity index (χ3n) is 4.16. The van der Waals surface area contributed by atoms with E-state index in [1.165, 1.54) is 12.2 Å². The summed E-state index contributed by atoms with van der Waals surface area (Å²) < 4.78 is 0. The van der Waals surface area contributed by atoms with Crippen LogP contribution in [-0.4, -0.2) is 86.5 Å². The van der Waals surface area contributed by atoms with Crippen LogP contribution in [0.5, 0.6) is 0 Å². The van der Waals surface area contributed by atoms with E-state index in [9.17, 15) is 4.79 Å². The molecule has 1 aliphatic heterocycles. The number of likely N-dealkylation sites (tertiary alicyclic amines) is 1. The summed E-state index contributed by atoms with van der Waals surface area (Å²) in [6.45, 7) is 6.32. The maximum atomic E-state index is 11.8. The molecule has 1 fully saturated rings. The van der Waals surface area contributed by atoms with Gasteiger partial charge in [0.25, 0.3) is 0 Å². The van der Waals surface area contributed by atoms with Gasteiger partial charge in [0.2, 0.25) is 5.91 Å². The quantitative estimate of drug-likeness (QED) is 0.369. The van der Waals surface area contributed by atoms with Crippen molar-refractivity contribution in [1.29, 1.82) is 0 Å². The summed E-state index contributed by atoms with van der Waals surface area (Å²) in [5.74, 6) is 2.33. The maximum absolute atomic E-state index is 11.8. The number of guanidine groups is 1. The lowest BCUT2D eigenvalue weighted by Crippen LogP contribution is -2.50. The number of unbranched alkanes of at least 4 members (excludes halogenated alkanes) is 1. The molecule has 1 aliphatic rings. The van der Waals surface area contributed by atoms with E-state index in [-0.39, 0.29) is 5.91 Å². The molecule has 1 amide bonds. The standard InChI is InChI=1S/C17H35N5OS/c1-5-18-17(19-10-6-7-13-24-4)20-15-8-11-22(12-9-15)14-16(23)21(2)3/h15H,5-14H2,1-4H3,(H2,18,19,20). The SMILES string of the molecule is CCNC(=NCCCCSC)NC1CCN(CC(=O)N(C)C)CC1. The van der Waals surface area contributed by atoms with Crippen molar-refractivity contribution in [3.05, 3.63) is 0 Å². The number of nitrogens with zero attached hydrogens (tertiary/aromatic N) is 3.